The largest absolute Gasteiger partial charge is 0.397 e. The average Bonchev–Trinajstić information content (AvgIpc) is 2.43. The van der Waals surface area contributed by atoms with Crippen LogP contribution in [0.25, 0.3) is 0 Å². The number of methoxy groups -OCH3 is 1. The number of nitrogens with two attached hydrogens (primary N) is 1. The van der Waals surface area contributed by atoms with Gasteiger partial charge in [-0.15, -0.1) is 0 Å². The van der Waals surface area contributed by atoms with Gasteiger partial charge in [-0.25, -0.2) is 0 Å². The first-order valence-corrected chi connectivity index (χ1v) is 7.00. The number of hydrogen-bond donors (Lipinski definition) is 2. The third-order valence-corrected chi connectivity index (χ3v) is 3.24. The molecule has 0 aliphatic rings. The predicted octanol–water partition coefficient (Wildman–Crippen LogP) is 2.22. The number of hydrogen-bond acceptors (Lipinski definition) is 4. The Balaban J connectivity index is 2.45. The Morgan fingerprint density at radius 2 is 2.20 bits per heavy atom. The van der Waals surface area contributed by atoms with Crippen LogP contribution in [0.15, 0.2) is 18.2 Å². The summed E-state index contributed by atoms with van der Waals surface area (Å²) in [6.45, 7) is 5.11. The predicted molar refractivity (Wildman–Crippen MR) is 83.1 cm³/mol. The van der Waals surface area contributed by atoms with Crippen LogP contribution in [0.5, 0.6) is 0 Å². The molecule has 0 saturated carbocycles. The molecule has 20 heavy (non-hydrogen) atoms. The second-order valence-electron chi connectivity index (χ2n) is 4.46. The molecule has 0 spiro atoms. The summed E-state index contributed by atoms with van der Waals surface area (Å²) < 4.78 is 5.03. The van der Waals surface area contributed by atoms with Crippen molar-refractivity contribution in [1.82, 2.24) is 4.90 Å². The lowest BCUT2D eigenvalue weighted by molar-refractivity contribution is -0.116. The van der Waals surface area contributed by atoms with E-state index >= 15 is 0 Å². The van der Waals surface area contributed by atoms with E-state index in [4.69, 9.17) is 22.1 Å². The van der Waals surface area contributed by atoms with Crippen molar-refractivity contribution in [3.63, 3.8) is 0 Å². The summed E-state index contributed by atoms with van der Waals surface area (Å²) in [4.78, 5) is 14.1. The van der Waals surface area contributed by atoms with E-state index in [1.54, 1.807) is 25.3 Å². The Labute approximate surface area is 125 Å². The number of ether oxygens (including phenoxy) is 1. The lowest BCUT2D eigenvalue weighted by Crippen LogP contribution is -2.30. The first kappa shape index (κ1) is 16.8. The zero-order valence-electron chi connectivity index (χ0n) is 12.0. The molecule has 1 aromatic rings. The molecule has 3 N–H and O–H groups in total. The van der Waals surface area contributed by atoms with Gasteiger partial charge in [-0.1, -0.05) is 18.5 Å². The number of carbonyl (C=O) groups excluding carboxylic acids is 1. The smallest absolute Gasteiger partial charge is 0.225 e. The first-order chi connectivity index (χ1) is 9.56. The van der Waals surface area contributed by atoms with E-state index in [1.807, 2.05) is 0 Å². The molecule has 0 radical (unpaired) electrons. The van der Waals surface area contributed by atoms with E-state index in [-0.39, 0.29) is 5.91 Å². The van der Waals surface area contributed by atoms with Crippen LogP contribution in [0.1, 0.15) is 13.3 Å². The van der Waals surface area contributed by atoms with Gasteiger partial charge in [0.15, 0.2) is 0 Å². The summed E-state index contributed by atoms with van der Waals surface area (Å²) in [6, 6.07) is 5.02. The maximum absolute atomic E-state index is 11.9. The summed E-state index contributed by atoms with van der Waals surface area (Å²) in [5, 5.41) is 3.33. The topological polar surface area (TPSA) is 67.6 Å². The lowest BCUT2D eigenvalue weighted by atomic mass is 10.2. The van der Waals surface area contributed by atoms with E-state index in [9.17, 15) is 4.79 Å². The monoisotopic (exact) mass is 299 g/mol. The number of rotatable bonds is 8. The molecule has 0 bridgehead atoms. The van der Waals surface area contributed by atoms with Gasteiger partial charge in [0.1, 0.15) is 0 Å². The normalized spacial score (nSPS) is 10.8. The number of amides is 1. The minimum atomic E-state index is -0.0742. The van der Waals surface area contributed by atoms with E-state index in [1.165, 1.54) is 0 Å². The molecule has 1 amide bonds. The number of nitrogens with zero attached hydrogens (tertiary/aromatic N) is 1. The summed E-state index contributed by atoms with van der Waals surface area (Å²) in [6.07, 6.45) is 0.406. The molecule has 0 unspecified atom stereocenters. The van der Waals surface area contributed by atoms with Crippen molar-refractivity contribution in [3.05, 3.63) is 23.2 Å². The van der Waals surface area contributed by atoms with E-state index < -0.39 is 0 Å². The average molecular weight is 300 g/mol. The minimum absolute atomic E-state index is 0.0742. The SMILES string of the molecule is CCN(CCOC)CCC(=O)Nc1cc(Cl)ccc1N. The summed E-state index contributed by atoms with van der Waals surface area (Å²) in [5.41, 5.74) is 6.85. The van der Waals surface area contributed by atoms with Crippen LogP contribution in [-0.4, -0.2) is 44.2 Å². The quantitative estimate of drug-likeness (QED) is 0.722. The Hall–Kier alpha value is -1.30. The second-order valence-corrected chi connectivity index (χ2v) is 4.89. The van der Waals surface area contributed by atoms with Gasteiger partial charge >= 0.3 is 0 Å². The number of anilines is 2. The van der Waals surface area contributed by atoms with Crippen LogP contribution >= 0.6 is 11.6 Å². The zero-order chi connectivity index (χ0) is 15.0. The third kappa shape index (κ3) is 5.77. The van der Waals surface area contributed by atoms with Crippen LogP contribution in [0.3, 0.4) is 0 Å². The molecule has 0 aromatic heterocycles. The third-order valence-electron chi connectivity index (χ3n) is 3.00. The van der Waals surface area contributed by atoms with Gasteiger partial charge in [0.05, 0.1) is 18.0 Å². The molecule has 1 rings (SSSR count). The molecule has 1 aromatic carbocycles. The Bertz CT molecular complexity index is 440. The Morgan fingerprint density at radius 3 is 2.85 bits per heavy atom. The summed E-state index contributed by atoms with van der Waals surface area (Å²) in [7, 11) is 1.67. The maximum Gasteiger partial charge on any atom is 0.225 e. The fourth-order valence-electron chi connectivity index (χ4n) is 1.76. The molecular weight excluding hydrogens is 278 g/mol. The molecule has 0 fully saturated rings. The van der Waals surface area contributed by atoms with Crippen molar-refractivity contribution in [2.75, 3.05) is 44.4 Å². The highest BCUT2D eigenvalue weighted by Crippen LogP contribution is 2.22. The van der Waals surface area contributed by atoms with Gasteiger partial charge in [0.2, 0.25) is 5.91 Å². The van der Waals surface area contributed by atoms with Crippen LogP contribution < -0.4 is 11.1 Å². The Morgan fingerprint density at radius 1 is 1.45 bits per heavy atom. The molecule has 0 saturated heterocycles. The fraction of sp³-hybridized carbons (Fsp3) is 0.500. The minimum Gasteiger partial charge on any atom is -0.397 e. The second kappa shape index (κ2) is 8.79. The highest BCUT2D eigenvalue weighted by molar-refractivity contribution is 6.31. The number of carbonyl (C=O) groups is 1. The van der Waals surface area contributed by atoms with Gasteiger partial charge < -0.3 is 20.7 Å². The summed E-state index contributed by atoms with van der Waals surface area (Å²) in [5.74, 6) is -0.0742. The first-order valence-electron chi connectivity index (χ1n) is 6.63. The molecule has 0 aliphatic carbocycles. The molecule has 112 valence electrons. The van der Waals surface area contributed by atoms with Crippen molar-refractivity contribution in [2.24, 2.45) is 0 Å². The van der Waals surface area contributed by atoms with Crippen LogP contribution in [0.2, 0.25) is 5.02 Å². The summed E-state index contributed by atoms with van der Waals surface area (Å²) >= 11 is 5.88. The zero-order valence-corrected chi connectivity index (χ0v) is 12.7. The van der Waals surface area contributed by atoms with Crippen molar-refractivity contribution < 1.29 is 9.53 Å². The molecule has 0 aliphatic heterocycles. The van der Waals surface area contributed by atoms with Crippen LogP contribution in [0, 0.1) is 0 Å². The Kier molecular flexibility index (Phi) is 7.36. The standard InChI is InChI=1S/C14H22ClN3O2/c1-3-18(8-9-20-2)7-6-14(19)17-13-10-11(15)4-5-12(13)16/h4-5,10H,3,6-9,16H2,1-2H3,(H,17,19). The van der Waals surface area contributed by atoms with Gasteiger partial charge in [-0.05, 0) is 24.7 Å². The maximum atomic E-state index is 11.9. The van der Waals surface area contributed by atoms with Crippen molar-refractivity contribution >= 4 is 28.9 Å². The molecule has 5 nitrogen and oxygen atoms in total. The molecule has 6 heteroatoms. The molecule has 0 heterocycles. The highest BCUT2D eigenvalue weighted by atomic mass is 35.5. The van der Waals surface area contributed by atoms with Crippen molar-refractivity contribution in [3.8, 4) is 0 Å². The van der Waals surface area contributed by atoms with Gasteiger partial charge in [-0.2, -0.15) is 0 Å². The van der Waals surface area contributed by atoms with Crippen molar-refractivity contribution in [2.45, 2.75) is 13.3 Å². The van der Waals surface area contributed by atoms with Gasteiger partial charge in [0, 0.05) is 31.6 Å². The number of likely N-dealkylation sites (N-methyl/N-ethyl adjacent to an activating group) is 1. The van der Waals surface area contributed by atoms with Gasteiger partial charge in [0.25, 0.3) is 0 Å². The van der Waals surface area contributed by atoms with Crippen LogP contribution in [0.4, 0.5) is 11.4 Å². The fourth-order valence-corrected chi connectivity index (χ4v) is 1.93. The van der Waals surface area contributed by atoms with E-state index in [2.05, 4.69) is 17.1 Å². The number of benzene rings is 1. The number of nitrogen functional groups attached to an aromatic ring is 1. The number of nitrogens with one attached hydrogen (secondary N) is 1. The van der Waals surface area contributed by atoms with E-state index in [0.717, 1.165) is 13.1 Å². The lowest BCUT2D eigenvalue weighted by Gasteiger charge is -2.19. The van der Waals surface area contributed by atoms with Crippen LogP contribution in [-0.2, 0) is 9.53 Å². The number of halogens is 1. The molecule has 0 atom stereocenters. The van der Waals surface area contributed by atoms with Crippen molar-refractivity contribution in [1.29, 1.82) is 0 Å². The van der Waals surface area contributed by atoms with Gasteiger partial charge in [-0.3, -0.25) is 4.79 Å². The van der Waals surface area contributed by atoms with E-state index in [0.29, 0.717) is 36.0 Å². The molecular formula is C14H22ClN3O2. The highest BCUT2D eigenvalue weighted by Gasteiger charge is 2.09.